The Labute approximate surface area is 103 Å². The summed E-state index contributed by atoms with van der Waals surface area (Å²) in [7, 11) is 0. The van der Waals surface area contributed by atoms with Crippen LogP contribution in [0.25, 0.3) is 0 Å². The maximum absolute atomic E-state index is 12.7. The zero-order valence-electron chi connectivity index (χ0n) is 10.7. The number of amides is 1. The number of aliphatic hydroxyl groups excluding tert-OH is 1. The molecule has 2 heterocycles. The molecule has 3 aliphatic rings. The second kappa shape index (κ2) is 3.98. The fourth-order valence-electron chi connectivity index (χ4n) is 4.16. The Morgan fingerprint density at radius 2 is 1.71 bits per heavy atom. The minimum absolute atomic E-state index is 0.0941. The largest absolute Gasteiger partial charge is 0.393 e. The molecule has 2 atom stereocenters. The van der Waals surface area contributed by atoms with Crippen LogP contribution in [0.15, 0.2) is 0 Å². The Balaban J connectivity index is 1.78. The fourth-order valence-corrected chi connectivity index (χ4v) is 4.16. The first kappa shape index (κ1) is 11.5. The summed E-state index contributed by atoms with van der Waals surface area (Å²) in [5, 5.41) is 9.78. The minimum Gasteiger partial charge on any atom is -0.393 e. The van der Waals surface area contributed by atoms with Crippen LogP contribution in [0.1, 0.15) is 58.3 Å². The van der Waals surface area contributed by atoms with Gasteiger partial charge in [-0.3, -0.25) is 4.79 Å². The number of rotatable bonds is 1. The molecule has 0 spiro atoms. The number of carbonyl (C=O) groups is 1. The van der Waals surface area contributed by atoms with Gasteiger partial charge >= 0.3 is 0 Å². The lowest BCUT2D eigenvalue weighted by atomic mass is 9.85. The fraction of sp³-hybridized carbons (Fsp3) is 0.929. The quantitative estimate of drug-likeness (QED) is 0.758. The van der Waals surface area contributed by atoms with Gasteiger partial charge in [0.15, 0.2) is 0 Å². The van der Waals surface area contributed by atoms with Crippen molar-refractivity contribution in [1.29, 1.82) is 0 Å². The third kappa shape index (κ3) is 1.79. The van der Waals surface area contributed by atoms with Gasteiger partial charge in [-0.2, -0.15) is 0 Å². The molecule has 0 aromatic heterocycles. The number of aliphatic hydroxyl groups is 1. The van der Waals surface area contributed by atoms with E-state index >= 15 is 0 Å². The lowest BCUT2D eigenvalue weighted by Gasteiger charge is -2.41. The Kier molecular flexibility index (Phi) is 2.69. The first-order chi connectivity index (χ1) is 8.10. The number of piperidine rings is 1. The molecule has 3 rings (SSSR count). The zero-order valence-corrected chi connectivity index (χ0v) is 10.7. The Morgan fingerprint density at radius 1 is 1.18 bits per heavy atom. The zero-order chi connectivity index (χ0) is 12.0. The lowest BCUT2D eigenvalue weighted by Crippen LogP contribution is -2.52. The van der Waals surface area contributed by atoms with Crippen molar-refractivity contribution in [3.05, 3.63) is 0 Å². The van der Waals surface area contributed by atoms with E-state index in [-0.39, 0.29) is 11.5 Å². The third-order valence-electron chi connectivity index (χ3n) is 5.17. The number of carbonyl (C=O) groups excluding carboxylic acids is 1. The van der Waals surface area contributed by atoms with E-state index in [0.717, 1.165) is 38.5 Å². The molecule has 1 aliphatic carbocycles. The molecule has 0 aromatic carbocycles. The lowest BCUT2D eigenvalue weighted by molar-refractivity contribution is -0.147. The Hall–Kier alpha value is -0.570. The second-order valence-electron chi connectivity index (χ2n) is 6.49. The average Bonchev–Trinajstić information content (AvgIpc) is 2.82. The summed E-state index contributed by atoms with van der Waals surface area (Å²) in [6.45, 7) is 2.15. The topological polar surface area (TPSA) is 40.5 Å². The van der Waals surface area contributed by atoms with Crippen LogP contribution < -0.4 is 0 Å². The molecule has 96 valence electrons. The van der Waals surface area contributed by atoms with Crippen molar-refractivity contribution >= 4 is 5.91 Å². The van der Waals surface area contributed by atoms with E-state index in [0.29, 0.717) is 18.0 Å². The van der Waals surface area contributed by atoms with Crippen molar-refractivity contribution < 1.29 is 9.90 Å². The monoisotopic (exact) mass is 237 g/mol. The third-order valence-corrected chi connectivity index (χ3v) is 5.17. The van der Waals surface area contributed by atoms with Crippen molar-refractivity contribution in [2.24, 2.45) is 5.41 Å². The normalized spacial score (nSPS) is 39.6. The molecule has 3 heteroatoms. The number of fused-ring (bicyclic) bond motifs is 2. The maximum Gasteiger partial charge on any atom is 0.229 e. The molecule has 1 saturated carbocycles. The maximum atomic E-state index is 12.7. The standard InChI is InChI=1S/C14H23NO2/c1-14(6-2-3-7-14)13(17)15-10-4-5-11(15)9-12(16)8-10/h10-12,16H,2-9H2,1H3. The first-order valence-electron chi connectivity index (χ1n) is 7.11. The van der Waals surface area contributed by atoms with Crippen molar-refractivity contribution in [2.45, 2.75) is 76.5 Å². The molecule has 2 unspecified atom stereocenters. The summed E-state index contributed by atoms with van der Waals surface area (Å²) < 4.78 is 0. The molecule has 2 aliphatic heterocycles. The summed E-state index contributed by atoms with van der Waals surface area (Å²) in [6.07, 6.45) is 8.16. The molecule has 0 radical (unpaired) electrons. The molecular formula is C14H23NO2. The SMILES string of the molecule is CC1(C(=O)N2C3CCC2CC(O)C3)CCCC1. The Morgan fingerprint density at radius 3 is 2.24 bits per heavy atom. The number of nitrogens with zero attached hydrogens (tertiary/aromatic N) is 1. The smallest absolute Gasteiger partial charge is 0.229 e. The van der Waals surface area contributed by atoms with Gasteiger partial charge in [0.05, 0.1) is 6.10 Å². The van der Waals surface area contributed by atoms with Crippen LogP contribution in [-0.4, -0.2) is 34.1 Å². The van der Waals surface area contributed by atoms with Crippen molar-refractivity contribution in [3.8, 4) is 0 Å². The second-order valence-corrected chi connectivity index (χ2v) is 6.49. The van der Waals surface area contributed by atoms with Gasteiger partial charge in [-0.05, 0) is 38.5 Å². The highest BCUT2D eigenvalue weighted by atomic mass is 16.3. The molecule has 1 amide bonds. The van der Waals surface area contributed by atoms with Crippen LogP contribution in [0.2, 0.25) is 0 Å². The molecule has 17 heavy (non-hydrogen) atoms. The van der Waals surface area contributed by atoms with E-state index in [1.165, 1.54) is 12.8 Å². The van der Waals surface area contributed by atoms with E-state index in [1.54, 1.807) is 0 Å². The molecule has 2 bridgehead atoms. The van der Waals surface area contributed by atoms with Crippen LogP contribution in [-0.2, 0) is 4.79 Å². The van der Waals surface area contributed by atoms with Crippen LogP contribution in [0.4, 0.5) is 0 Å². The summed E-state index contributed by atoms with van der Waals surface area (Å²) in [5.74, 6) is 0.384. The van der Waals surface area contributed by atoms with Crippen LogP contribution in [0.3, 0.4) is 0 Å². The molecule has 3 nitrogen and oxygen atoms in total. The van der Waals surface area contributed by atoms with E-state index in [9.17, 15) is 9.90 Å². The predicted molar refractivity (Wildman–Crippen MR) is 65.5 cm³/mol. The summed E-state index contributed by atoms with van der Waals surface area (Å²) in [5.41, 5.74) is -0.0941. The summed E-state index contributed by atoms with van der Waals surface area (Å²) in [4.78, 5) is 14.9. The highest BCUT2D eigenvalue weighted by Gasteiger charge is 2.48. The van der Waals surface area contributed by atoms with Gasteiger partial charge in [-0.15, -0.1) is 0 Å². The van der Waals surface area contributed by atoms with Gasteiger partial charge in [0.2, 0.25) is 5.91 Å². The van der Waals surface area contributed by atoms with Crippen LogP contribution in [0, 0.1) is 5.41 Å². The molecule has 2 saturated heterocycles. The first-order valence-corrected chi connectivity index (χ1v) is 7.11. The minimum atomic E-state index is -0.173. The van der Waals surface area contributed by atoms with E-state index in [1.807, 2.05) is 0 Å². The highest BCUT2D eigenvalue weighted by molar-refractivity contribution is 5.83. The summed E-state index contributed by atoms with van der Waals surface area (Å²) in [6, 6.07) is 0.655. The van der Waals surface area contributed by atoms with E-state index < -0.39 is 0 Å². The number of hydrogen-bond donors (Lipinski definition) is 1. The molecule has 0 aromatic rings. The van der Waals surface area contributed by atoms with Crippen molar-refractivity contribution in [3.63, 3.8) is 0 Å². The van der Waals surface area contributed by atoms with Crippen LogP contribution >= 0.6 is 0 Å². The number of hydrogen-bond acceptors (Lipinski definition) is 2. The molecule has 3 fully saturated rings. The van der Waals surface area contributed by atoms with Crippen molar-refractivity contribution in [1.82, 2.24) is 4.90 Å². The molecule has 1 N–H and O–H groups in total. The highest BCUT2D eigenvalue weighted by Crippen LogP contribution is 2.44. The van der Waals surface area contributed by atoms with Gasteiger partial charge in [0, 0.05) is 17.5 Å². The predicted octanol–water partition coefficient (Wildman–Crippen LogP) is 2.08. The van der Waals surface area contributed by atoms with Gasteiger partial charge in [-0.1, -0.05) is 19.8 Å². The van der Waals surface area contributed by atoms with E-state index in [4.69, 9.17) is 0 Å². The van der Waals surface area contributed by atoms with Crippen molar-refractivity contribution in [2.75, 3.05) is 0 Å². The van der Waals surface area contributed by atoms with Gasteiger partial charge in [0.25, 0.3) is 0 Å². The van der Waals surface area contributed by atoms with E-state index in [2.05, 4.69) is 11.8 Å². The summed E-state index contributed by atoms with van der Waals surface area (Å²) >= 11 is 0. The average molecular weight is 237 g/mol. The van der Waals surface area contributed by atoms with Gasteiger partial charge in [-0.25, -0.2) is 0 Å². The molecular weight excluding hydrogens is 214 g/mol. The van der Waals surface area contributed by atoms with Gasteiger partial charge in [0.1, 0.15) is 0 Å². The van der Waals surface area contributed by atoms with Gasteiger partial charge < -0.3 is 10.0 Å². The van der Waals surface area contributed by atoms with Crippen LogP contribution in [0.5, 0.6) is 0 Å². The Bertz CT molecular complexity index is 308.